The number of hydrogen-bond donors (Lipinski definition) is 0. The van der Waals surface area contributed by atoms with Crippen LogP contribution >= 0.6 is 0 Å². The van der Waals surface area contributed by atoms with Crippen LogP contribution in [0.3, 0.4) is 0 Å². The van der Waals surface area contributed by atoms with Gasteiger partial charge in [-0.25, -0.2) is 4.39 Å². The van der Waals surface area contributed by atoms with E-state index in [1.807, 2.05) is 13.0 Å². The van der Waals surface area contributed by atoms with Crippen molar-refractivity contribution < 1.29 is 13.9 Å². The molecule has 0 saturated carbocycles. The fraction of sp³-hybridized carbons (Fsp3) is 0.200. The van der Waals surface area contributed by atoms with Crippen LogP contribution in [0.15, 0.2) is 36.7 Å². The number of ether oxygens (including phenoxy) is 1. The molecule has 0 radical (unpaired) electrons. The van der Waals surface area contributed by atoms with Crippen LogP contribution in [0.25, 0.3) is 0 Å². The second-order valence-electron chi connectivity index (χ2n) is 4.61. The van der Waals surface area contributed by atoms with Crippen molar-refractivity contribution in [3.8, 4) is 5.75 Å². The van der Waals surface area contributed by atoms with E-state index in [-0.39, 0.29) is 5.91 Å². The minimum Gasteiger partial charge on any atom is -0.491 e. The van der Waals surface area contributed by atoms with Crippen LogP contribution in [0.5, 0.6) is 5.75 Å². The number of pyridine rings is 1. The number of carbonyl (C=O) groups excluding carboxylic acids is 1. The minimum absolute atomic E-state index is 0.200. The Bertz CT molecular complexity index is 673. The highest BCUT2D eigenvalue weighted by atomic mass is 19.1. The van der Waals surface area contributed by atoms with Crippen molar-refractivity contribution in [2.24, 2.45) is 0 Å². The summed E-state index contributed by atoms with van der Waals surface area (Å²) in [4.78, 5) is 18.3. The van der Waals surface area contributed by atoms with Gasteiger partial charge in [-0.2, -0.15) is 0 Å². The van der Waals surface area contributed by atoms with Gasteiger partial charge in [-0.1, -0.05) is 0 Å². The van der Waals surface area contributed by atoms with Gasteiger partial charge in [0.05, 0.1) is 24.0 Å². The summed E-state index contributed by atoms with van der Waals surface area (Å²) in [5.74, 6) is -0.324. The zero-order valence-corrected chi connectivity index (χ0v) is 11.0. The van der Waals surface area contributed by atoms with Gasteiger partial charge in [0.2, 0.25) is 0 Å². The second kappa shape index (κ2) is 4.92. The molecule has 0 unspecified atom stereocenters. The normalized spacial score (nSPS) is 14.5. The van der Waals surface area contributed by atoms with E-state index in [2.05, 4.69) is 4.98 Å². The van der Waals surface area contributed by atoms with Crippen LogP contribution in [-0.2, 0) is 0 Å². The molecule has 3 rings (SSSR count). The summed E-state index contributed by atoms with van der Waals surface area (Å²) in [6.45, 7) is 2.64. The molecule has 5 heteroatoms. The maximum Gasteiger partial charge on any atom is 0.262 e. The van der Waals surface area contributed by atoms with Gasteiger partial charge in [0.25, 0.3) is 5.91 Å². The van der Waals surface area contributed by atoms with Crippen molar-refractivity contribution >= 4 is 11.6 Å². The standard InChI is InChI=1S/C15H13FN2O2/c1-10-4-5-17-9-13(10)18-6-7-20-14-8-11(16)2-3-12(14)15(18)19/h2-5,8-9H,6-7H2,1H3. The monoisotopic (exact) mass is 272 g/mol. The number of rotatable bonds is 1. The Kier molecular flexibility index (Phi) is 3.10. The van der Waals surface area contributed by atoms with Crippen molar-refractivity contribution in [2.75, 3.05) is 18.1 Å². The van der Waals surface area contributed by atoms with Crippen molar-refractivity contribution in [3.63, 3.8) is 0 Å². The molecule has 0 saturated heterocycles. The number of aryl methyl sites for hydroxylation is 1. The Labute approximate surface area is 115 Å². The number of carbonyl (C=O) groups is 1. The van der Waals surface area contributed by atoms with Gasteiger partial charge in [0.1, 0.15) is 18.2 Å². The number of fused-ring (bicyclic) bond motifs is 1. The number of amides is 1. The zero-order valence-electron chi connectivity index (χ0n) is 11.0. The molecule has 0 bridgehead atoms. The van der Waals surface area contributed by atoms with Crippen molar-refractivity contribution in [2.45, 2.75) is 6.92 Å². The van der Waals surface area contributed by atoms with Gasteiger partial charge in [-0.3, -0.25) is 9.78 Å². The predicted octanol–water partition coefficient (Wildman–Crippen LogP) is 2.57. The van der Waals surface area contributed by atoms with Crippen molar-refractivity contribution in [1.82, 2.24) is 4.98 Å². The Morgan fingerprint density at radius 1 is 1.35 bits per heavy atom. The van der Waals surface area contributed by atoms with E-state index >= 15 is 0 Å². The molecule has 20 heavy (non-hydrogen) atoms. The largest absolute Gasteiger partial charge is 0.491 e. The molecule has 1 amide bonds. The Hall–Kier alpha value is -2.43. The van der Waals surface area contributed by atoms with Crippen molar-refractivity contribution in [3.05, 3.63) is 53.6 Å². The number of benzene rings is 1. The quantitative estimate of drug-likeness (QED) is 0.801. The summed E-state index contributed by atoms with van der Waals surface area (Å²) in [5.41, 5.74) is 2.07. The molecule has 0 spiro atoms. The minimum atomic E-state index is -0.414. The fourth-order valence-electron chi connectivity index (χ4n) is 2.25. The first-order chi connectivity index (χ1) is 9.66. The Morgan fingerprint density at radius 3 is 3.00 bits per heavy atom. The van der Waals surface area contributed by atoms with E-state index in [1.165, 1.54) is 18.2 Å². The molecule has 0 fully saturated rings. The lowest BCUT2D eigenvalue weighted by molar-refractivity contribution is 0.0989. The molecule has 2 heterocycles. The zero-order chi connectivity index (χ0) is 14.1. The lowest BCUT2D eigenvalue weighted by Gasteiger charge is -2.21. The lowest BCUT2D eigenvalue weighted by Crippen LogP contribution is -2.32. The van der Waals surface area contributed by atoms with Crippen LogP contribution in [-0.4, -0.2) is 24.0 Å². The van der Waals surface area contributed by atoms with Crippen LogP contribution in [0.4, 0.5) is 10.1 Å². The molecule has 1 aromatic heterocycles. The van der Waals surface area contributed by atoms with Crippen molar-refractivity contribution in [1.29, 1.82) is 0 Å². The van der Waals surface area contributed by atoms with Gasteiger partial charge >= 0.3 is 0 Å². The Morgan fingerprint density at radius 2 is 2.20 bits per heavy atom. The number of hydrogen-bond acceptors (Lipinski definition) is 3. The van der Waals surface area contributed by atoms with E-state index in [0.29, 0.717) is 24.5 Å². The lowest BCUT2D eigenvalue weighted by atomic mass is 10.1. The fourth-order valence-corrected chi connectivity index (χ4v) is 2.25. The van der Waals surface area contributed by atoms with E-state index in [9.17, 15) is 9.18 Å². The third kappa shape index (κ3) is 2.11. The maximum absolute atomic E-state index is 13.2. The number of anilines is 1. The van der Waals surface area contributed by atoms with Gasteiger partial charge in [-0.15, -0.1) is 0 Å². The molecule has 1 aliphatic heterocycles. The van der Waals surface area contributed by atoms with Gasteiger partial charge in [-0.05, 0) is 30.7 Å². The Balaban J connectivity index is 2.05. The van der Waals surface area contributed by atoms with Gasteiger partial charge in [0.15, 0.2) is 0 Å². The first kappa shape index (κ1) is 12.6. The van der Waals surface area contributed by atoms with E-state index in [4.69, 9.17) is 4.74 Å². The molecule has 4 nitrogen and oxygen atoms in total. The number of nitrogens with zero attached hydrogens (tertiary/aromatic N) is 2. The number of aromatic nitrogens is 1. The highest BCUT2D eigenvalue weighted by Gasteiger charge is 2.25. The van der Waals surface area contributed by atoms with Crippen LogP contribution < -0.4 is 9.64 Å². The predicted molar refractivity (Wildman–Crippen MR) is 72.5 cm³/mol. The van der Waals surface area contributed by atoms with E-state index in [0.717, 1.165) is 11.3 Å². The molecular formula is C15H13FN2O2. The second-order valence-corrected chi connectivity index (χ2v) is 4.61. The summed E-state index contributed by atoms with van der Waals surface area (Å²) in [7, 11) is 0. The van der Waals surface area contributed by atoms with Crippen LogP contribution in [0, 0.1) is 12.7 Å². The molecule has 1 aliphatic rings. The third-order valence-electron chi connectivity index (χ3n) is 3.29. The highest BCUT2D eigenvalue weighted by molar-refractivity contribution is 6.08. The van der Waals surface area contributed by atoms with Gasteiger partial charge < -0.3 is 9.64 Å². The topological polar surface area (TPSA) is 42.4 Å². The average Bonchev–Trinajstić information content (AvgIpc) is 2.59. The molecule has 102 valence electrons. The van der Waals surface area contributed by atoms with E-state index in [1.54, 1.807) is 17.3 Å². The van der Waals surface area contributed by atoms with Crippen LogP contribution in [0.1, 0.15) is 15.9 Å². The molecule has 0 atom stereocenters. The smallest absolute Gasteiger partial charge is 0.262 e. The molecule has 1 aromatic carbocycles. The number of halogens is 1. The first-order valence-electron chi connectivity index (χ1n) is 6.31. The SMILES string of the molecule is Cc1ccncc1N1CCOc2cc(F)ccc2C1=O. The third-order valence-corrected chi connectivity index (χ3v) is 3.29. The first-order valence-corrected chi connectivity index (χ1v) is 6.31. The van der Waals surface area contributed by atoms with Gasteiger partial charge in [0, 0.05) is 12.3 Å². The summed E-state index contributed by atoms with van der Waals surface area (Å²) in [6, 6.07) is 5.81. The highest BCUT2D eigenvalue weighted by Crippen LogP contribution is 2.28. The molecule has 2 aromatic rings. The molecule has 0 N–H and O–H groups in total. The summed E-state index contributed by atoms with van der Waals surface area (Å²) in [5, 5.41) is 0. The summed E-state index contributed by atoms with van der Waals surface area (Å²) in [6.07, 6.45) is 3.34. The maximum atomic E-state index is 13.2. The molecular weight excluding hydrogens is 259 g/mol. The molecule has 0 aliphatic carbocycles. The summed E-state index contributed by atoms with van der Waals surface area (Å²) >= 11 is 0. The average molecular weight is 272 g/mol. The van der Waals surface area contributed by atoms with E-state index < -0.39 is 5.82 Å². The van der Waals surface area contributed by atoms with Crippen LogP contribution in [0.2, 0.25) is 0 Å². The summed E-state index contributed by atoms with van der Waals surface area (Å²) < 4.78 is 18.7.